The van der Waals surface area contributed by atoms with Gasteiger partial charge in [-0.25, -0.2) is 0 Å². The fourth-order valence-electron chi connectivity index (χ4n) is 1.53. The maximum absolute atomic E-state index is 11.6. The van der Waals surface area contributed by atoms with Crippen LogP contribution < -0.4 is 0 Å². The van der Waals surface area contributed by atoms with Gasteiger partial charge in [-0.05, 0) is 20.8 Å². The van der Waals surface area contributed by atoms with Gasteiger partial charge >= 0.3 is 0 Å². The molecule has 1 heterocycles. The summed E-state index contributed by atoms with van der Waals surface area (Å²) in [4.78, 5) is 2.10. The summed E-state index contributed by atoms with van der Waals surface area (Å²) in [5.41, 5.74) is 0. The molecule has 1 aliphatic heterocycles. The van der Waals surface area contributed by atoms with Crippen LogP contribution in [0.2, 0.25) is 0 Å². The Balaban J connectivity index is 2.67. The van der Waals surface area contributed by atoms with Crippen LogP contribution >= 0.6 is 0 Å². The molecule has 0 aromatic rings. The second-order valence-corrected chi connectivity index (χ2v) is 6.29. The van der Waals surface area contributed by atoms with Gasteiger partial charge in [0, 0.05) is 29.6 Å². The SMILES string of the molecule is CC(C#N)N1CCS(=O)C(C)(C)C1. The summed E-state index contributed by atoms with van der Waals surface area (Å²) in [6.45, 7) is 7.43. The molecule has 1 saturated heterocycles. The van der Waals surface area contributed by atoms with E-state index in [-0.39, 0.29) is 10.8 Å². The standard InChI is InChI=1S/C9H16N2OS/c1-8(6-10)11-4-5-13(12)9(2,3)7-11/h8H,4-5,7H2,1-3H3. The second-order valence-electron chi connectivity index (χ2n) is 4.08. The fraction of sp³-hybridized carbons (Fsp3) is 0.889. The van der Waals surface area contributed by atoms with Gasteiger partial charge in [0.25, 0.3) is 0 Å². The summed E-state index contributed by atoms with van der Waals surface area (Å²) in [5, 5.41) is 8.76. The topological polar surface area (TPSA) is 44.1 Å². The first kappa shape index (κ1) is 10.7. The predicted molar refractivity (Wildman–Crippen MR) is 53.7 cm³/mol. The molecule has 1 aliphatic rings. The highest BCUT2D eigenvalue weighted by Gasteiger charge is 2.34. The van der Waals surface area contributed by atoms with Crippen molar-refractivity contribution in [3.8, 4) is 6.07 Å². The lowest BCUT2D eigenvalue weighted by atomic mass is 10.1. The van der Waals surface area contributed by atoms with Gasteiger partial charge in [0.05, 0.1) is 16.9 Å². The van der Waals surface area contributed by atoms with E-state index in [9.17, 15) is 4.21 Å². The van der Waals surface area contributed by atoms with Crippen molar-refractivity contribution in [1.82, 2.24) is 4.90 Å². The third-order valence-electron chi connectivity index (χ3n) is 2.50. The molecule has 0 aliphatic carbocycles. The summed E-state index contributed by atoms with van der Waals surface area (Å²) in [5.74, 6) is 0.693. The van der Waals surface area contributed by atoms with Crippen molar-refractivity contribution in [2.45, 2.75) is 31.6 Å². The first-order valence-corrected chi connectivity index (χ1v) is 5.81. The lowest BCUT2D eigenvalue weighted by Crippen LogP contribution is -2.52. The summed E-state index contributed by atoms with van der Waals surface area (Å²) in [6, 6.07) is 2.16. The molecular formula is C9H16N2OS. The second kappa shape index (κ2) is 3.77. The minimum absolute atomic E-state index is 0.0587. The predicted octanol–water partition coefficient (Wildman–Crippen LogP) is 0.741. The van der Waals surface area contributed by atoms with Crippen molar-refractivity contribution >= 4 is 10.8 Å². The average Bonchev–Trinajstić information content (AvgIpc) is 2.08. The van der Waals surface area contributed by atoms with Crippen LogP contribution in [0.4, 0.5) is 0 Å². The van der Waals surface area contributed by atoms with Crippen molar-refractivity contribution in [3.63, 3.8) is 0 Å². The number of rotatable bonds is 1. The van der Waals surface area contributed by atoms with Gasteiger partial charge < -0.3 is 0 Å². The van der Waals surface area contributed by atoms with Gasteiger partial charge in [-0.1, -0.05) is 0 Å². The maximum atomic E-state index is 11.6. The molecule has 0 radical (unpaired) electrons. The Kier molecular flexibility index (Phi) is 3.09. The Labute approximate surface area is 82.2 Å². The Morgan fingerprint density at radius 1 is 1.62 bits per heavy atom. The molecular weight excluding hydrogens is 184 g/mol. The first-order valence-electron chi connectivity index (χ1n) is 4.49. The molecule has 0 bridgehead atoms. The normalized spacial score (nSPS) is 30.8. The van der Waals surface area contributed by atoms with Crippen molar-refractivity contribution < 1.29 is 4.21 Å². The summed E-state index contributed by atoms with van der Waals surface area (Å²) in [6.07, 6.45) is 0. The van der Waals surface area contributed by atoms with Crippen LogP contribution in [0.1, 0.15) is 20.8 Å². The molecule has 3 nitrogen and oxygen atoms in total. The lowest BCUT2D eigenvalue weighted by Gasteiger charge is -2.38. The van der Waals surface area contributed by atoms with Crippen LogP contribution in [-0.2, 0) is 10.8 Å². The molecule has 2 atom stereocenters. The zero-order chi connectivity index (χ0) is 10.1. The lowest BCUT2D eigenvalue weighted by molar-refractivity contribution is 0.230. The minimum atomic E-state index is -0.741. The Hall–Kier alpha value is -0.400. The molecule has 0 saturated carbocycles. The van der Waals surface area contributed by atoms with E-state index in [0.29, 0.717) is 5.75 Å². The zero-order valence-corrected chi connectivity index (χ0v) is 9.23. The highest BCUT2D eigenvalue weighted by atomic mass is 32.2. The van der Waals surface area contributed by atoms with Gasteiger partial charge in [-0.15, -0.1) is 0 Å². The zero-order valence-electron chi connectivity index (χ0n) is 8.41. The number of hydrogen-bond donors (Lipinski definition) is 0. The van der Waals surface area contributed by atoms with E-state index >= 15 is 0 Å². The molecule has 1 fully saturated rings. The van der Waals surface area contributed by atoms with E-state index in [0.717, 1.165) is 13.1 Å². The Bertz CT molecular complexity index is 257. The van der Waals surface area contributed by atoms with Crippen molar-refractivity contribution in [3.05, 3.63) is 0 Å². The van der Waals surface area contributed by atoms with Crippen LogP contribution in [0.25, 0.3) is 0 Å². The summed E-state index contributed by atoms with van der Waals surface area (Å²) >= 11 is 0. The molecule has 4 heteroatoms. The van der Waals surface area contributed by atoms with Gasteiger partial charge in [0.2, 0.25) is 0 Å². The molecule has 0 aromatic heterocycles. The molecule has 0 spiro atoms. The number of nitrogens with zero attached hydrogens (tertiary/aromatic N) is 2. The number of nitriles is 1. The summed E-state index contributed by atoms with van der Waals surface area (Å²) in [7, 11) is -0.741. The van der Waals surface area contributed by atoms with Gasteiger partial charge in [0.1, 0.15) is 0 Å². The first-order chi connectivity index (χ1) is 5.97. The summed E-state index contributed by atoms with van der Waals surface area (Å²) < 4.78 is 11.4. The fourth-order valence-corrected chi connectivity index (χ4v) is 2.79. The van der Waals surface area contributed by atoms with E-state index in [4.69, 9.17) is 5.26 Å². The van der Waals surface area contributed by atoms with Crippen LogP contribution in [0.5, 0.6) is 0 Å². The molecule has 1 rings (SSSR count). The molecule has 74 valence electrons. The average molecular weight is 200 g/mol. The largest absolute Gasteiger partial charge is 0.286 e. The van der Waals surface area contributed by atoms with Crippen LogP contribution in [0.15, 0.2) is 0 Å². The monoisotopic (exact) mass is 200 g/mol. The maximum Gasteiger partial charge on any atom is 0.0950 e. The molecule has 0 amide bonds. The van der Waals surface area contributed by atoms with Crippen molar-refractivity contribution in [1.29, 1.82) is 5.26 Å². The van der Waals surface area contributed by atoms with Gasteiger partial charge in [0.15, 0.2) is 0 Å². The Morgan fingerprint density at radius 2 is 2.23 bits per heavy atom. The van der Waals surface area contributed by atoms with E-state index in [1.807, 2.05) is 20.8 Å². The van der Waals surface area contributed by atoms with Crippen molar-refractivity contribution in [2.75, 3.05) is 18.8 Å². The molecule has 13 heavy (non-hydrogen) atoms. The highest BCUT2D eigenvalue weighted by molar-refractivity contribution is 7.86. The van der Waals surface area contributed by atoms with Crippen molar-refractivity contribution in [2.24, 2.45) is 0 Å². The van der Waals surface area contributed by atoms with Crippen LogP contribution in [0, 0.1) is 11.3 Å². The quantitative estimate of drug-likeness (QED) is 0.627. The Morgan fingerprint density at radius 3 is 2.69 bits per heavy atom. The van der Waals surface area contributed by atoms with Gasteiger partial charge in [-0.2, -0.15) is 5.26 Å². The third kappa shape index (κ3) is 2.29. The molecule has 2 unspecified atom stereocenters. The molecule has 0 N–H and O–H groups in total. The smallest absolute Gasteiger partial charge is 0.0950 e. The van der Waals surface area contributed by atoms with Gasteiger partial charge in [-0.3, -0.25) is 9.11 Å². The minimum Gasteiger partial charge on any atom is -0.286 e. The van der Waals surface area contributed by atoms with E-state index in [2.05, 4.69) is 11.0 Å². The van der Waals surface area contributed by atoms with Crippen LogP contribution in [-0.4, -0.2) is 38.7 Å². The van der Waals surface area contributed by atoms with Crippen LogP contribution in [0.3, 0.4) is 0 Å². The van der Waals surface area contributed by atoms with E-state index in [1.54, 1.807) is 0 Å². The molecule has 0 aromatic carbocycles. The van der Waals surface area contributed by atoms with E-state index in [1.165, 1.54) is 0 Å². The highest BCUT2D eigenvalue weighted by Crippen LogP contribution is 2.21. The van der Waals surface area contributed by atoms with E-state index < -0.39 is 10.8 Å². The third-order valence-corrected chi connectivity index (χ3v) is 4.41. The number of hydrogen-bond acceptors (Lipinski definition) is 3.